The number of thiazole rings is 1. The molecule has 59 heavy (non-hydrogen) atoms. The number of piperazine rings is 1. The van der Waals surface area contributed by atoms with Gasteiger partial charge in [-0.15, -0.1) is 11.3 Å². The van der Waals surface area contributed by atoms with Crippen LogP contribution in [0.5, 0.6) is 0 Å². The van der Waals surface area contributed by atoms with Crippen molar-refractivity contribution in [2.45, 2.75) is 89.9 Å². The SMILES string of the molecule is C=N[C@]1(C(=O)CC2Cc3nc(cs3)-c3ccc4c(c3)c3c(n4CC)-c4cc(N5CCN(C)CC5)cnc4[C@@H](OC)C3C(C)(C)COC(=O)[C@@H]3CCCN(N3)C2=O)C[C@@H]1C. The number of nitrogens with zero attached hydrogens (tertiary/aromatic N) is 7. The van der Waals surface area contributed by atoms with Gasteiger partial charge in [0.1, 0.15) is 17.7 Å². The van der Waals surface area contributed by atoms with E-state index in [2.05, 4.69) is 89.0 Å². The average Bonchev–Trinajstić information content (AvgIpc) is 3.53. The third-order valence-electron chi connectivity index (χ3n) is 13.8. The highest BCUT2D eigenvalue weighted by molar-refractivity contribution is 7.10. The maximum Gasteiger partial charge on any atom is 0.324 e. The smallest absolute Gasteiger partial charge is 0.324 e. The number of ether oxygens (including phenoxy) is 2. The Labute approximate surface area is 350 Å². The maximum absolute atomic E-state index is 14.4. The number of Topliss-reactive ketones (excluding diaryl/α,β-unsaturated/α-hetero) is 1. The number of carbonyl (C=O) groups excluding carboxylic acids is 3. The number of hydrazine groups is 1. The van der Waals surface area contributed by atoms with Crippen LogP contribution in [0.1, 0.15) is 81.7 Å². The number of pyridine rings is 1. The first-order valence-corrected chi connectivity index (χ1v) is 22.1. The van der Waals surface area contributed by atoms with Crippen LogP contribution in [0.4, 0.5) is 5.69 Å². The van der Waals surface area contributed by atoms with Crippen LogP contribution in [0.15, 0.2) is 40.8 Å². The van der Waals surface area contributed by atoms with Gasteiger partial charge in [-0.05, 0) is 69.6 Å². The number of nitrogens with one attached hydrogen (secondary N) is 1. The van der Waals surface area contributed by atoms with E-state index >= 15 is 0 Å². The van der Waals surface area contributed by atoms with E-state index in [0.29, 0.717) is 32.2 Å². The first-order valence-electron chi connectivity index (χ1n) is 21.2. The lowest BCUT2D eigenvalue weighted by molar-refractivity contribution is -0.157. The van der Waals surface area contributed by atoms with Gasteiger partial charge in [0.2, 0.25) is 5.91 Å². The molecule has 14 heteroatoms. The van der Waals surface area contributed by atoms with Crippen LogP contribution in [0.2, 0.25) is 0 Å². The number of aliphatic imine (C=N–C) groups is 1. The monoisotopic (exact) mass is 820 g/mol. The lowest BCUT2D eigenvalue weighted by Gasteiger charge is -2.43. The molecule has 4 aromatic rings. The third-order valence-corrected chi connectivity index (χ3v) is 14.7. The number of methoxy groups -OCH3 is 1. The first-order chi connectivity index (χ1) is 28.4. The van der Waals surface area contributed by atoms with Crippen molar-refractivity contribution < 1.29 is 23.9 Å². The summed E-state index contributed by atoms with van der Waals surface area (Å²) in [7, 11) is 3.92. The number of esters is 1. The van der Waals surface area contributed by atoms with E-state index < -0.39 is 35.0 Å². The van der Waals surface area contributed by atoms with E-state index in [9.17, 15) is 14.4 Å². The second-order valence-corrected chi connectivity index (χ2v) is 19.0. The molecule has 9 rings (SSSR count). The number of hydrogen-bond acceptors (Lipinski definition) is 12. The molecule has 2 unspecified atom stereocenters. The van der Waals surface area contributed by atoms with Gasteiger partial charge >= 0.3 is 5.97 Å². The zero-order valence-electron chi connectivity index (χ0n) is 35.1. The van der Waals surface area contributed by atoms with Gasteiger partial charge in [0, 0.05) is 98.0 Å². The minimum Gasteiger partial charge on any atom is -0.464 e. The summed E-state index contributed by atoms with van der Waals surface area (Å²) in [6, 6.07) is 8.16. The molecule has 6 bridgehead atoms. The molecule has 13 nitrogen and oxygen atoms in total. The van der Waals surface area contributed by atoms with Gasteiger partial charge in [-0.3, -0.25) is 29.4 Å². The minimum absolute atomic E-state index is 0.0239. The van der Waals surface area contributed by atoms with Crippen molar-refractivity contribution >= 4 is 52.3 Å². The number of anilines is 1. The lowest BCUT2D eigenvalue weighted by Crippen LogP contribution is -2.57. The quantitative estimate of drug-likeness (QED) is 0.173. The summed E-state index contributed by atoms with van der Waals surface area (Å²) in [5, 5.41) is 5.45. The molecule has 3 fully saturated rings. The summed E-state index contributed by atoms with van der Waals surface area (Å²) in [6.07, 6.45) is 3.68. The van der Waals surface area contributed by atoms with Crippen molar-refractivity contribution in [2.75, 3.05) is 58.4 Å². The summed E-state index contributed by atoms with van der Waals surface area (Å²) in [5.41, 5.74) is 9.98. The molecule has 1 N–H and O–H groups in total. The van der Waals surface area contributed by atoms with Crippen molar-refractivity contribution in [3.63, 3.8) is 0 Å². The van der Waals surface area contributed by atoms with Gasteiger partial charge in [0.25, 0.3) is 0 Å². The number of rotatable bonds is 7. The lowest BCUT2D eigenvalue weighted by atomic mass is 9.67. The molecule has 2 aliphatic carbocycles. The molecule has 1 amide bonds. The Kier molecular flexibility index (Phi) is 10.3. The molecule has 312 valence electrons. The summed E-state index contributed by atoms with van der Waals surface area (Å²) in [6.45, 7) is 17.3. The summed E-state index contributed by atoms with van der Waals surface area (Å²) >= 11 is 1.50. The zero-order chi connectivity index (χ0) is 41.4. The van der Waals surface area contributed by atoms with Crippen molar-refractivity contribution in [2.24, 2.45) is 22.2 Å². The Bertz CT molecular complexity index is 2330. The Morgan fingerprint density at radius 3 is 2.64 bits per heavy atom. The van der Waals surface area contributed by atoms with Gasteiger partial charge in [-0.1, -0.05) is 26.8 Å². The fraction of sp³-hybridized carbons (Fsp3) is 0.556. The van der Waals surface area contributed by atoms with Gasteiger partial charge in [0.05, 0.1) is 46.5 Å². The Morgan fingerprint density at radius 1 is 1.15 bits per heavy atom. The summed E-state index contributed by atoms with van der Waals surface area (Å²) in [4.78, 5) is 61.5. The highest BCUT2D eigenvalue weighted by Gasteiger charge is 2.57. The van der Waals surface area contributed by atoms with Crippen LogP contribution in [0, 0.1) is 17.3 Å². The van der Waals surface area contributed by atoms with E-state index in [1.165, 1.54) is 16.3 Å². The molecule has 1 aromatic carbocycles. The van der Waals surface area contributed by atoms with Crippen LogP contribution in [-0.4, -0.2) is 114 Å². The molecule has 1 saturated carbocycles. The van der Waals surface area contributed by atoms with E-state index in [4.69, 9.17) is 19.4 Å². The second kappa shape index (κ2) is 15.2. The Morgan fingerprint density at radius 2 is 1.93 bits per heavy atom. The molecule has 2 saturated heterocycles. The predicted molar refractivity (Wildman–Crippen MR) is 230 cm³/mol. The highest BCUT2D eigenvalue weighted by Crippen LogP contribution is 2.57. The van der Waals surface area contributed by atoms with E-state index in [-0.39, 0.29) is 36.6 Å². The third kappa shape index (κ3) is 6.80. The molecule has 3 aliphatic heterocycles. The first kappa shape index (κ1) is 39.9. The van der Waals surface area contributed by atoms with Crippen LogP contribution in [-0.2, 0) is 36.8 Å². The van der Waals surface area contributed by atoms with E-state index in [1.807, 2.05) is 13.1 Å². The number of hydrogen-bond donors (Lipinski definition) is 1. The number of likely N-dealkylation sites (N-methyl/N-ethyl adjacent to an activating group) is 1. The molecule has 6 atom stereocenters. The number of ketones is 1. The molecule has 3 aromatic heterocycles. The number of carbonyl (C=O) groups is 3. The van der Waals surface area contributed by atoms with Gasteiger partial charge in [-0.2, -0.15) is 0 Å². The summed E-state index contributed by atoms with van der Waals surface area (Å²) < 4.78 is 15.2. The zero-order valence-corrected chi connectivity index (χ0v) is 35.9. The number of benzene rings is 1. The number of amides is 1. The largest absolute Gasteiger partial charge is 0.464 e. The summed E-state index contributed by atoms with van der Waals surface area (Å²) in [5.74, 6) is -1.53. The van der Waals surface area contributed by atoms with E-state index in [0.717, 1.165) is 88.1 Å². The fourth-order valence-electron chi connectivity index (χ4n) is 10.2. The number of aryl methyl sites for hydroxylation is 1. The van der Waals surface area contributed by atoms with Gasteiger partial charge in [-0.25, -0.2) is 10.4 Å². The molecule has 6 heterocycles. The van der Waals surface area contributed by atoms with Gasteiger partial charge in [0.15, 0.2) is 5.78 Å². The maximum atomic E-state index is 14.4. The van der Waals surface area contributed by atoms with Crippen LogP contribution in [0.25, 0.3) is 33.4 Å². The second-order valence-electron chi connectivity index (χ2n) is 18.0. The topological polar surface area (TPSA) is 134 Å². The van der Waals surface area contributed by atoms with Crippen molar-refractivity contribution in [1.29, 1.82) is 0 Å². The number of fused-ring (bicyclic) bond motifs is 8. The number of cyclic esters (lactones) is 1. The Hall–Kier alpha value is -4.50. The van der Waals surface area contributed by atoms with Crippen molar-refractivity contribution in [3.8, 4) is 22.5 Å². The van der Waals surface area contributed by atoms with Crippen LogP contribution >= 0.6 is 11.3 Å². The molecule has 5 aliphatic rings. The predicted octanol–water partition coefficient (Wildman–Crippen LogP) is 6.06. The highest BCUT2D eigenvalue weighted by atomic mass is 32.1. The standard InChI is InChI=1S/C45H56N8O5S/c1-8-52-34-12-11-27-18-30(34)37-38(41(57-7)39-31(40(37)52)21-29(23-47-39)51-16-14-50(6)15-17-51)44(3,4)25-58-43(56)32-10-9-13-53(49-32)42(55)28(20-36-48-33(27)24-59-36)19-35(54)45(46-5)22-26(45)2/h11-12,18,21,23-24,26,28,32,38,41,49H,5,8-10,13-17,19-20,22,25H2,1-4,6-7H3/t26-,28?,32-,38?,41-,45+/m0/s1. The molecular formula is C45H56N8O5S. The normalized spacial score (nSPS) is 28.2. The van der Waals surface area contributed by atoms with Crippen LogP contribution < -0.4 is 10.3 Å². The van der Waals surface area contributed by atoms with Gasteiger partial charge < -0.3 is 23.8 Å². The fourth-order valence-corrected chi connectivity index (χ4v) is 11.1. The molecular weight excluding hydrogens is 765 g/mol. The minimum atomic E-state index is -0.833. The Balaban J connectivity index is 1.19. The van der Waals surface area contributed by atoms with E-state index in [1.54, 1.807) is 7.11 Å². The number of aromatic nitrogens is 3. The average molecular weight is 821 g/mol. The van der Waals surface area contributed by atoms with Crippen molar-refractivity contribution in [3.05, 3.63) is 52.1 Å². The van der Waals surface area contributed by atoms with Crippen LogP contribution in [0.3, 0.4) is 0 Å². The van der Waals surface area contributed by atoms with Crippen molar-refractivity contribution in [1.82, 2.24) is 29.9 Å². The molecule has 0 radical (unpaired) electrons. The molecule has 0 spiro atoms.